The molecule has 0 fully saturated rings. The van der Waals surface area contributed by atoms with Crippen LogP contribution in [0.2, 0.25) is 0 Å². The van der Waals surface area contributed by atoms with Crippen molar-refractivity contribution < 1.29 is 5.11 Å². The maximum atomic E-state index is 9.05. The first-order chi connectivity index (χ1) is 6.31. The van der Waals surface area contributed by atoms with Crippen molar-refractivity contribution in [2.45, 2.75) is 6.61 Å². The van der Waals surface area contributed by atoms with Crippen LogP contribution >= 0.6 is 11.3 Å². The molecule has 0 saturated heterocycles. The van der Waals surface area contributed by atoms with Gasteiger partial charge in [-0.05, 0) is 16.3 Å². The summed E-state index contributed by atoms with van der Waals surface area (Å²) in [6.45, 7) is 0.0910. The van der Waals surface area contributed by atoms with Crippen LogP contribution in [0.4, 0.5) is 0 Å². The van der Waals surface area contributed by atoms with E-state index in [1.54, 1.807) is 22.2 Å². The fourth-order valence-electron chi connectivity index (χ4n) is 1.26. The monoisotopic (exact) mass is 194 g/mol. The van der Waals surface area contributed by atoms with Gasteiger partial charge in [0.15, 0.2) is 0 Å². The number of rotatable bonds is 2. The van der Waals surface area contributed by atoms with Crippen molar-refractivity contribution in [3.8, 4) is 11.1 Å². The number of hydrogen-bond donors (Lipinski definition) is 1. The zero-order chi connectivity index (χ0) is 9.26. The fraction of sp³-hybridized carbons (Fsp3) is 0.222. The Labute approximate surface area is 80.3 Å². The highest BCUT2D eigenvalue weighted by molar-refractivity contribution is 7.08. The lowest BCUT2D eigenvalue weighted by Gasteiger charge is -1.95. The molecule has 0 aliphatic heterocycles. The Balaban J connectivity index is 2.45. The van der Waals surface area contributed by atoms with E-state index in [2.05, 4.69) is 5.10 Å². The lowest BCUT2D eigenvalue weighted by atomic mass is 10.1. The smallest absolute Gasteiger partial charge is 0.0696 e. The molecule has 0 aromatic carbocycles. The number of aliphatic hydroxyl groups excluding tert-OH is 1. The first-order valence-corrected chi connectivity index (χ1v) is 4.90. The second-order valence-corrected chi connectivity index (χ2v) is 3.62. The molecule has 2 rings (SSSR count). The number of aryl methyl sites for hydroxylation is 1. The molecular formula is C9H10N2OS. The third kappa shape index (κ3) is 1.50. The second-order valence-electron chi connectivity index (χ2n) is 2.87. The van der Waals surface area contributed by atoms with Gasteiger partial charge in [-0.3, -0.25) is 4.68 Å². The lowest BCUT2D eigenvalue weighted by molar-refractivity contribution is 0.283. The molecule has 0 saturated carbocycles. The van der Waals surface area contributed by atoms with Gasteiger partial charge < -0.3 is 5.11 Å². The predicted molar refractivity (Wildman–Crippen MR) is 52.4 cm³/mol. The van der Waals surface area contributed by atoms with Gasteiger partial charge in [0.1, 0.15) is 0 Å². The van der Waals surface area contributed by atoms with Crippen LogP contribution in [0.15, 0.2) is 23.2 Å². The summed E-state index contributed by atoms with van der Waals surface area (Å²) in [5, 5.41) is 17.1. The van der Waals surface area contributed by atoms with Gasteiger partial charge in [0.25, 0.3) is 0 Å². The van der Waals surface area contributed by atoms with Gasteiger partial charge in [-0.15, -0.1) is 0 Å². The zero-order valence-electron chi connectivity index (χ0n) is 7.27. The minimum atomic E-state index is 0.0910. The summed E-state index contributed by atoms with van der Waals surface area (Å²) in [6.07, 6.45) is 3.75. The average Bonchev–Trinajstić information content (AvgIpc) is 2.71. The number of hydrogen-bond acceptors (Lipinski definition) is 3. The van der Waals surface area contributed by atoms with Crippen LogP contribution in [0.3, 0.4) is 0 Å². The van der Waals surface area contributed by atoms with Gasteiger partial charge in [-0.2, -0.15) is 16.4 Å². The van der Waals surface area contributed by atoms with Gasteiger partial charge in [0, 0.05) is 24.4 Å². The molecule has 4 heteroatoms. The topological polar surface area (TPSA) is 38.0 Å². The molecule has 0 amide bonds. The van der Waals surface area contributed by atoms with Crippen LogP contribution in [0.1, 0.15) is 5.56 Å². The van der Waals surface area contributed by atoms with Gasteiger partial charge in [0.05, 0.1) is 12.8 Å². The van der Waals surface area contributed by atoms with Crippen molar-refractivity contribution >= 4 is 11.3 Å². The van der Waals surface area contributed by atoms with Crippen molar-refractivity contribution in [3.63, 3.8) is 0 Å². The molecule has 3 nitrogen and oxygen atoms in total. The second kappa shape index (κ2) is 3.32. The molecule has 13 heavy (non-hydrogen) atoms. The van der Waals surface area contributed by atoms with E-state index in [1.807, 2.05) is 24.0 Å². The van der Waals surface area contributed by atoms with Gasteiger partial charge in [-0.25, -0.2) is 0 Å². The standard InChI is InChI=1S/C9H10N2OS/c1-11-3-7(2-10-11)9-6-13-5-8(9)4-12/h2-3,5-6,12H,4H2,1H3. The molecule has 0 aliphatic rings. The van der Waals surface area contributed by atoms with Crippen molar-refractivity contribution in [1.82, 2.24) is 9.78 Å². The van der Waals surface area contributed by atoms with E-state index in [0.717, 1.165) is 16.7 Å². The highest BCUT2D eigenvalue weighted by Crippen LogP contribution is 2.26. The quantitative estimate of drug-likeness (QED) is 0.789. The van der Waals surface area contributed by atoms with E-state index in [0.29, 0.717) is 0 Å². The third-order valence-electron chi connectivity index (χ3n) is 1.93. The van der Waals surface area contributed by atoms with Crippen LogP contribution in [-0.2, 0) is 13.7 Å². The molecule has 0 unspecified atom stereocenters. The Morgan fingerprint density at radius 3 is 3.00 bits per heavy atom. The molecule has 1 N–H and O–H groups in total. The highest BCUT2D eigenvalue weighted by Gasteiger charge is 2.06. The fourth-order valence-corrected chi connectivity index (χ4v) is 2.12. The Kier molecular flexibility index (Phi) is 2.16. The summed E-state index contributed by atoms with van der Waals surface area (Å²) in [7, 11) is 1.88. The molecule has 2 heterocycles. The Hall–Kier alpha value is -1.13. The van der Waals surface area contributed by atoms with E-state index in [4.69, 9.17) is 5.11 Å². The first-order valence-electron chi connectivity index (χ1n) is 3.96. The van der Waals surface area contributed by atoms with Crippen LogP contribution in [0.5, 0.6) is 0 Å². The van der Waals surface area contributed by atoms with Crippen molar-refractivity contribution in [2.75, 3.05) is 0 Å². The highest BCUT2D eigenvalue weighted by atomic mass is 32.1. The molecular weight excluding hydrogens is 184 g/mol. The van der Waals surface area contributed by atoms with E-state index in [9.17, 15) is 0 Å². The molecule has 0 spiro atoms. The Bertz CT molecular complexity index is 405. The summed E-state index contributed by atoms with van der Waals surface area (Å²) < 4.78 is 1.76. The Morgan fingerprint density at radius 2 is 2.38 bits per heavy atom. The summed E-state index contributed by atoms with van der Waals surface area (Å²) >= 11 is 1.60. The SMILES string of the molecule is Cn1cc(-c2cscc2CO)cn1. The van der Waals surface area contributed by atoms with Crippen molar-refractivity contribution in [3.05, 3.63) is 28.7 Å². The van der Waals surface area contributed by atoms with Crippen LogP contribution in [-0.4, -0.2) is 14.9 Å². The van der Waals surface area contributed by atoms with E-state index in [1.165, 1.54) is 0 Å². The number of nitrogens with zero attached hydrogens (tertiary/aromatic N) is 2. The summed E-state index contributed by atoms with van der Waals surface area (Å²) in [4.78, 5) is 0. The minimum absolute atomic E-state index is 0.0910. The zero-order valence-corrected chi connectivity index (χ0v) is 8.08. The van der Waals surface area contributed by atoms with E-state index >= 15 is 0 Å². The normalized spacial score (nSPS) is 10.6. The maximum absolute atomic E-state index is 9.05. The number of aliphatic hydroxyl groups is 1. The molecule has 2 aromatic heterocycles. The Morgan fingerprint density at radius 1 is 1.54 bits per heavy atom. The molecule has 0 bridgehead atoms. The van der Waals surface area contributed by atoms with Crippen LogP contribution in [0, 0.1) is 0 Å². The number of thiophene rings is 1. The first kappa shape index (κ1) is 8.47. The van der Waals surface area contributed by atoms with Crippen LogP contribution in [0.25, 0.3) is 11.1 Å². The molecule has 0 radical (unpaired) electrons. The summed E-state index contributed by atoms with van der Waals surface area (Å²) in [6, 6.07) is 0. The molecule has 68 valence electrons. The number of aromatic nitrogens is 2. The van der Waals surface area contributed by atoms with Gasteiger partial charge >= 0.3 is 0 Å². The van der Waals surface area contributed by atoms with Crippen molar-refractivity contribution in [2.24, 2.45) is 7.05 Å². The largest absolute Gasteiger partial charge is 0.392 e. The molecule has 0 aliphatic carbocycles. The summed E-state index contributed by atoms with van der Waals surface area (Å²) in [5.74, 6) is 0. The van der Waals surface area contributed by atoms with E-state index < -0.39 is 0 Å². The maximum Gasteiger partial charge on any atom is 0.0696 e. The lowest BCUT2D eigenvalue weighted by Crippen LogP contribution is -1.84. The van der Waals surface area contributed by atoms with Gasteiger partial charge in [-0.1, -0.05) is 0 Å². The minimum Gasteiger partial charge on any atom is -0.392 e. The summed E-state index contributed by atoms with van der Waals surface area (Å²) in [5.41, 5.74) is 3.12. The predicted octanol–water partition coefficient (Wildman–Crippen LogP) is 1.64. The van der Waals surface area contributed by atoms with Crippen LogP contribution < -0.4 is 0 Å². The third-order valence-corrected chi connectivity index (χ3v) is 2.72. The average molecular weight is 194 g/mol. The van der Waals surface area contributed by atoms with E-state index in [-0.39, 0.29) is 6.61 Å². The molecule has 0 atom stereocenters. The van der Waals surface area contributed by atoms with Gasteiger partial charge in [0.2, 0.25) is 0 Å². The van der Waals surface area contributed by atoms with Crippen molar-refractivity contribution in [1.29, 1.82) is 0 Å². The molecule has 2 aromatic rings.